The highest BCUT2D eigenvalue weighted by Crippen LogP contribution is 2.37. The summed E-state index contributed by atoms with van der Waals surface area (Å²) in [6, 6.07) is 11.5. The van der Waals surface area contributed by atoms with Crippen molar-refractivity contribution in [1.82, 2.24) is 9.80 Å². The molecule has 2 aliphatic heterocycles. The first-order valence-electron chi connectivity index (χ1n) is 11.1. The van der Waals surface area contributed by atoms with Crippen molar-refractivity contribution >= 4 is 73.4 Å². The van der Waals surface area contributed by atoms with E-state index in [1.165, 1.54) is 0 Å². The molecule has 35 heavy (non-hydrogen) atoms. The quantitative estimate of drug-likeness (QED) is 0.278. The molecule has 7 nitrogen and oxygen atoms in total. The van der Waals surface area contributed by atoms with Gasteiger partial charge in [-0.2, -0.15) is 0 Å². The van der Waals surface area contributed by atoms with Crippen LogP contribution in [0, 0.1) is 3.57 Å². The lowest BCUT2D eigenvalue weighted by atomic mass is 10.1. The summed E-state index contributed by atoms with van der Waals surface area (Å²) in [4.78, 5) is 41.0. The van der Waals surface area contributed by atoms with E-state index in [9.17, 15) is 14.4 Å². The molecule has 0 bridgehead atoms. The smallest absolute Gasteiger partial charge is 0.294 e. The van der Waals surface area contributed by atoms with Crippen LogP contribution in [0.5, 0.6) is 11.5 Å². The van der Waals surface area contributed by atoms with Crippen LogP contribution >= 0.6 is 50.3 Å². The lowest BCUT2D eigenvalue weighted by molar-refractivity contribution is -0.136. The summed E-state index contributed by atoms with van der Waals surface area (Å²) in [7, 11) is 1.56. The molecule has 184 valence electrons. The molecule has 2 heterocycles. The monoisotopic (exact) mass is 670 g/mol. The Morgan fingerprint density at radius 2 is 1.86 bits per heavy atom. The normalized spacial score (nSPS) is 17.3. The third-order valence-electron chi connectivity index (χ3n) is 5.72. The van der Waals surface area contributed by atoms with Gasteiger partial charge in [-0.3, -0.25) is 19.3 Å². The minimum Gasteiger partial charge on any atom is -0.493 e. The molecule has 2 aromatic rings. The summed E-state index contributed by atoms with van der Waals surface area (Å²) in [5, 5.41) is -0.428. The number of hydrogen-bond acceptors (Lipinski definition) is 6. The number of thioether (sulfide) groups is 1. The van der Waals surface area contributed by atoms with E-state index >= 15 is 0 Å². The molecule has 0 radical (unpaired) electrons. The van der Waals surface area contributed by atoms with Crippen molar-refractivity contribution in [2.24, 2.45) is 0 Å². The first kappa shape index (κ1) is 26.0. The van der Waals surface area contributed by atoms with Crippen LogP contribution in [-0.2, 0) is 16.2 Å². The second-order valence-electron chi connectivity index (χ2n) is 8.16. The maximum absolute atomic E-state index is 12.9. The van der Waals surface area contributed by atoms with Gasteiger partial charge >= 0.3 is 0 Å². The van der Waals surface area contributed by atoms with Crippen molar-refractivity contribution in [2.75, 3.05) is 26.7 Å². The van der Waals surface area contributed by atoms with Crippen LogP contribution in [0.2, 0.25) is 0 Å². The second kappa shape index (κ2) is 11.8. The average Bonchev–Trinajstić information content (AvgIpc) is 3.11. The number of likely N-dealkylation sites (tertiary alicyclic amines) is 1. The SMILES string of the molecule is COc1cc(/C=C2\SC(=O)N(CC(=O)N3CCCCC3)C2=O)cc(I)c1OCc1ccc(Br)cc1. The Labute approximate surface area is 230 Å². The third kappa shape index (κ3) is 6.39. The number of carbonyl (C=O) groups excluding carboxylic acids is 3. The van der Waals surface area contributed by atoms with Crippen LogP contribution in [0.1, 0.15) is 30.4 Å². The highest BCUT2D eigenvalue weighted by molar-refractivity contribution is 14.1. The summed E-state index contributed by atoms with van der Waals surface area (Å²) in [5.41, 5.74) is 1.72. The zero-order valence-electron chi connectivity index (χ0n) is 19.1. The lowest BCUT2D eigenvalue weighted by Gasteiger charge is -2.27. The van der Waals surface area contributed by atoms with E-state index in [1.807, 2.05) is 30.3 Å². The molecular formula is C25H24BrIN2O5S. The Morgan fingerprint density at radius 1 is 1.14 bits per heavy atom. The van der Waals surface area contributed by atoms with E-state index in [0.29, 0.717) is 36.8 Å². The Hall–Kier alpha value is -2.05. The molecule has 0 saturated carbocycles. The lowest BCUT2D eigenvalue weighted by Crippen LogP contribution is -2.44. The number of imide groups is 1. The van der Waals surface area contributed by atoms with Crippen molar-refractivity contribution in [3.05, 3.63) is 60.5 Å². The molecule has 3 amide bonds. The minimum atomic E-state index is -0.449. The van der Waals surface area contributed by atoms with Crippen LogP contribution in [-0.4, -0.2) is 53.6 Å². The van der Waals surface area contributed by atoms with Gasteiger partial charge < -0.3 is 14.4 Å². The van der Waals surface area contributed by atoms with E-state index < -0.39 is 11.1 Å². The predicted octanol–water partition coefficient (Wildman–Crippen LogP) is 5.69. The number of carbonyl (C=O) groups is 3. The Kier molecular flexibility index (Phi) is 8.77. The van der Waals surface area contributed by atoms with Gasteiger partial charge in [0, 0.05) is 17.6 Å². The Balaban J connectivity index is 1.47. The van der Waals surface area contributed by atoms with Gasteiger partial charge in [0.15, 0.2) is 11.5 Å². The fourth-order valence-electron chi connectivity index (χ4n) is 3.87. The molecule has 2 aliphatic rings. The first-order valence-corrected chi connectivity index (χ1v) is 13.8. The molecule has 0 unspecified atom stereocenters. The fraction of sp³-hybridized carbons (Fsp3) is 0.320. The van der Waals surface area contributed by atoms with E-state index in [4.69, 9.17) is 9.47 Å². The van der Waals surface area contributed by atoms with Crippen LogP contribution < -0.4 is 9.47 Å². The van der Waals surface area contributed by atoms with Gasteiger partial charge in [0.1, 0.15) is 13.2 Å². The number of nitrogens with zero attached hydrogens (tertiary/aromatic N) is 2. The highest BCUT2D eigenvalue weighted by Gasteiger charge is 2.37. The zero-order chi connectivity index (χ0) is 24.9. The zero-order valence-corrected chi connectivity index (χ0v) is 23.7. The van der Waals surface area contributed by atoms with E-state index in [0.717, 1.165) is 49.5 Å². The van der Waals surface area contributed by atoms with Gasteiger partial charge in [-0.1, -0.05) is 28.1 Å². The van der Waals surface area contributed by atoms with Crippen LogP contribution in [0.3, 0.4) is 0 Å². The predicted molar refractivity (Wildman–Crippen MR) is 147 cm³/mol. The Bertz CT molecular complexity index is 1170. The molecule has 0 spiro atoms. The van der Waals surface area contributed by atoms with Crippen LogP contribution in [0.15, 0.2) is 45.8 Å². The number of methoxy groups -OCH3 is 1. The van der Waals surface area contributed by atoms with Gasteiger partial charge in [-0.15, -0.1) is 0 Å². The summed E-state index contributed by atoms with van der Waals surface area (Å²) < 4.78 is 13.4. The maximum atomic E-state index is 12.9. The number of halogens is 2. The molecule has 10 heteroatoms. The Morgan fingerprint density at radius 3 is 2.54 bits per heavy atom. The van der Waals surface area contributed by atoms with Gasteiger partial charge in [-0.25, -0.2) is 0 Å². The van der Waals surface area contributed by atoms with Crippen molar-refractivity contribution in [2.45, 2.75) is 25.9 Å². The largest absolute Gasteiger partial charge is 0.493 e. The van der Waals surface area contributed by atoms with Crippen LogP contribution in [0.4, 0.5) is 4.79 Å². The van der Waals surface area contributed by atoms with Crippen molar-refractivity contribution in [3.63, 3.8) is 0 Å². The van der Waals surface area contributed by atoms with Gasteiger partial charge in [0.2, 0.25) is 5.91 Å². The number of benzene rings is 2. The molecule has 0 aromatic heterocycles. The molecule has 2 fully saturated rings. The summed E-state index contributed by atoms with van der Waals surface area (Å²) >= 11 is 6.43. The number of ether oxygens (including phenoxy) is 2. The fourth-order valence-corrected chi connectivity index (χ4v) is 5.75. The maximum Gasteiger partial charge on any atom is 0.294 e. The van der Waals surface area contributed by atoms with Crippen molar-refractivity contribution in [1.29, 1.82) is 0 Å². The number of hydrogen-bond donors (Lipinski definition) is 0. The molecule has 2 aromatic carbocycles. The van der Waals surface area contributed by atoms with Crippen LogP contribution in [0.25, 0.3) is 6.08 Å². The van der Waals surface area contributed by atoms with Gasteiger partial charge in [-0.05, 0) is 95.1 Å². The molecule has 0 aliphatic carbocycles. The van der Waals surface area contributed by atoms with E-state index in [2.05, 4.69) is 38.5 Å². The second-order valence-corrected chi connectivity index (χ2v) is 11.2. The molecular weight excluding hydrogens is 647 g/mol. The molecule has 0 N–H and O–H groups in total. The topological polar surface area (TPSA) is 76.2 Å². The van der Waals surface area contributed by atoms with Gasteiger partial charge in [0.25, 0.3) is 11.1 Å². The summed E-state index contributed by atoms with van der Waals surface area (Å²) in [6.45, 7) is 1.52. The van der Waals surface area contributed by atoms with Crippen molar-refractivity contribution in [3.8, 4) is 11.5 Å². The molecule has 4 rings (SSSR count). The molecule has 2 saturated heterocycles. The minimum absolute atomic E-state index is 0.184. The van der Waals surface area contributed by atoms with Crippen molar-refractivity contribution < 1.29 is 23.9 Å². The van der Waals surface area contributed by atoms with Gasteiger partial charge in [0.05, 0.1) is 15.6 Å². The van der Waals surface area contributed by atoms with E-state index in [1.54, 1.807) is 24.2 Å². The number of piperidine rings is 1. The third-order valence-corrected chi connectivity index (χ3v) is 7.96. The summed E-state index contributed by atoms with van der Waals surface area (Å²) in [6.07, 6.45) is 4.66. The van der Waals surface area contributed by atoms with E-state index in [-0.39, 0.29) is 17.4 Å². The number of rotatable bonds is 7. The number of amides is 3. The standard InChI is InChI=1S/C25H24BrIN2O5S/c1-33-20-12-17(11-19(27)23(20)34-15-16-5-7-18(26)8-6-16)13-21-24(31)29(25(32)35-21)14-22(30)28-9-3-2-4-10-28/h5-8,11-13H,2-4,9-10,14-15H2,1H3/b21-13-. The molecule has 0 atom stereocenters. The highest BCUT2D eigenvalue weighted by atomic mass is 127. The summed E-state index contributed by atoms with van der Waals surface area (Å²) in [5.74, 6) is 0.500. The first-order chi connectivity index (χ1) is 16.9. The average molecular weight is 671 g/mol.